The molecule has 0 aliphatic heterocycles. The van der Waals surface area contributed by atoms with Gasteiger partial charge >= 0.3 is 5.63 Å². The molecule has 25 heavy (non-hydrogen) atoms. The topological polar surface area (TPSA) is 130 Å². The van der Waals surface area contributed by atoms with E-state index in [1.807, 2.05) is 0 Å². The van der Waals surface area contributed by atoms with Gasteiger partial charge in [0.1, 0.15) is 22.8 Å². The zero-order chi connectivity index (χ0) is 18.4. The second-order valence-corrected chi connectivity index (χ2v) is 5.03. The van der Waals surface area contributed by atoms with Crippen molar-refractivity contribution in [3.63, 3.8) is 0 Å². The number of nitrogens with zero attached hydrogens (tertiary/aromatic N) is 1. The molecular weight excluding hydrogens is 328 g/mol. The lowest BCUT2D eigenvalue weighted by Gasteiger charge is -2.03. The zero-order valence-corrected chi connectivity index (χ0v) is 13.4. The van der Waals surface area contributed by atoms with Crippen molar-refractivity contribution in [2.24, 2.45) is 0 Å². The molecule has 2 rings (SSSR count). The maximum Gasteiger partial charge on any atom is 0.351 e. The van der Waals surface area contributed by atoms with Gasteiger partial charge in [-0.2, -0.15) is 0 Å². The molecule has 0 unspecified atom stereocenters. The molecule has 0 saturated heterocycles. The van der Waals surface area contributed by atoms with Crippen LogP contribution in [0.1, 0.15) is 32.3 Å². The highest BCUT2D eigenvalue weighted by Gasteiger charge is 2.16. The molecule has 0 fully saturated rings. The lowest BCUT2D eigenvalue weighted by Crippen LogP contribution is -2.27. The molecule has 0 spiro atoms. The van der Waals surface area contributed by atoms with Crippen molar-refractivity contribution >= 4 is 17.8 Å². The molecule has 0 bridgehead atoms. The molecule has 8 nitrogen and oxygen atoms in total. The van der Waals surface area contributed by atoms with Gasteiger partial charge < -0.3 is 19.9 Å². The van der Waals surface area contributed by atoms with Gasteiger partial charge in [-0.05, 0) is 31.2 Å². The third-order valence-corrected chi connectivity index (χ3v) is 3.11. The van der Waals surface area contributed by atoms with E-state index < -0.39 is 28.6 Å². The monoisotopic (exact) mass is 344 g/mol. The number of hydrogen-bond acceptors (Lipinski definition) is 7. The number of aromatic nitrogens is 1. The largest absolute Gasteiger partial charge is 0.507 e. The Morgan fingerprint density at radius 2 is 2.12 bits per heavy atom. The number of aliphatic hydroxyl groups excluding tert-OH is 1. The van der Waals surface area contributed by atoms with E-state index in [1.165, 1.54) is 25.1 Å². The first-order valence-electron chi connectivity index (χ1n) is 7.34. The highest BCUT2D eigenvalue weighted by atomic mass is 16.4. The molecule has 8 heteroatoms. The Bertz CT molecular complexity index is 885. The third kappa shape index (κ3) is 4.61. The summed E-state index contributed by atoms with van der Waals surface area (Å²) in [5, 5.41) is 20.9. The fourth-order valence-electron chi connectivity index (χ4n) is 2.00. The quantitative estimate of drug-likeness (QED) is 0.518. The predicted octanol–water partition coefficient (Wildman–Crippen LogP) is 0.667. The summed E-state index contributed by atoms with van der Waals surface area (Å²) in [6.07, 6.45) is 2.36. The van der Waals surface area contributed by atoms with Crippen LogP contribution in [0.5, 0.6) is 5.75 Å². The molecule has 0 atom stereocenters. The van der Waals surface area contributed by atoms with Crippen molar-refractivity contribution in [3.05, 3.63) is 63.5 Å². The highest BCUT2D eigenvalue weighted by molar-refractivity contribution is 6.08. The first-order chi connectivity index (χ1) is 11.9. The lowest BCUT2D eigenvalue weighted by molar-refractivity contribution is 0.0939. The van der Waals surface area contributed by atoms with Crippen LogP contribution in [0.15, 0.2) is 39.6 Å². The van der Waals surface area contributed by atoms with E-state index in [0.717, 1.165) is 6.08 Å². The number of ketones is 1. The minimum Gasteiger partial charge on any atom is -0.507 e. The number of pyridine rings is 1. The molecule has 130 valence electrons. The van der Waals surface area contributed by atoms with Crippen molar-refractivity contribution in [1.29, 1.82) is 0 Å². The lowest BCUT2D eigenvalue weighted by atomic mass is 10.1. The number of carbonyl (C=O) groups is 2. The zero-order valence-electron chi connectivity index (χ0n) is 13.4. The number of hydrogen-bond donors (Lipinski definition) is 3. The molecular formula is C17H16N2O6. The Hall–Kier alpha value is -3.26. The fourth-order valence-corrected chi connectivity index (χ4v) is 2.00. The summed E-state index contributed by atoms with van der Waals surface area (Å²) < 4.78 is 4.79. The van der Waals surface area contributed by atoms with Crippen molar-refractivity contribution in [1.82, 2.24) is 10.3 Å². The van der Waals surface area contributed by atoms with Crippen LogP contribution in [0, 0.1) is 6.92 Å². The average Bonchev–Trinajstić information content (AvgIpc) is 2.57. The van der Waals surface area contributed by atoms with Crippen LogP contribution in [0.25, 0.3) is 6.08 Å². The molecule has 2 aromatic rings. The van der Waals surface area contributed by atoms with E-state index >= 15 is 0 Å². The van der Waals surface area contributed by atoms with E-state index in [1.54, 1.807) is 12.1 Å². The maximum atomic E-state index is 12.1. The van der Waals surface area contributed by atoms with Gasteiger partial charge in [0.05, 0.1) is 12.3 Å². The maximum absolute atomic E-state index is 12.1. The molecule has 1 amide bonds. The number of rotatable bonds is 6. The van der Waals surface area contributed by atoms with Crippen LogP contribution in [0.3, 0.4) is 0 Å². The van der Waals surface area contributed by atoms with Crippen LogP contribution in [-0.2, 0) is 0 Å². The van der Waals surface area contributed by atoms with Gasteiger partial charge in [-0.1, -0.05) is 6.07 Å². The Labute approximate surface area is 142 Å². The normalized spacial score (nSPS) is 10.8. The van der Waals surface area contributed by atoms with Crippen molar-refractivity contribution in [3.8, 4) is 5.75 Å². The minimum atomic E-state index is -0.933. The van der Waals surface area contributed by atoms with E-state index in [2.05, 4.69) is 10.3 Å². The van der Waals surface area contributed by atoms with E-state index in [9.17, 15) is 19.5 Å². The van der Waals surface area contributed by atoms with Gasteiger partial charge in [0.25, 0.3) is 5.91 Å². The van der Waals surface area contributed by atoms with Crippen LogP contribution < -0.4 is 10.9 Å². The SMILES string of the molecule is Cc1cc(O)c(C(=O)/C=C/c2cccc(C(=O)NCCO)n2)c(=O)o1. The van der Waals surface area contributed by atoms with Crippen molar-refractivity contribution < 1.29 is 24.2 Å². The fraction of sp³-hybridized carbons (Fsp3) is 0.176. The highest BCUT2D eigenvalue weighted by Crippen LogP contribution is 2.15. The Balaban J connectivity index is 2.21. The summed E-state index contributed by atoms with van der Waals surface area (Å²) in [7, 11) is 0. The third-order valence-electron chi connectivity index (χ3n) is 3.11. The van der Waals surface area contributed by atoms with Crippen LogP contribution in [-0.4, -0.2) is 40.0 Å². The Morgan fingerprint density at radius 3 is 2.80 bits per heavy atom. The minimum absolute atomic E-state index is 0.0988. The van der Waals surface area contributed by atoms with Crippen LogP contribution >= 0.6 is 0 Å². The first kappa shape index (κ1) is 18.1. The van der Waals surface area contributed by atoms with Gasteiger partial charge in [0.15, 0.2) is 5.78 Å². The number of aromatic hydroxyl groups is 1. The standard InChI is InChI=1S/C17H16N2O6/c1-10-9-14(22)15(17(24)25-10)13(21)6-5-11-3-2-4-12(19-11)16(23)18-7-8-20/h2-6,9,20,22H,7-8H2,1H3,(H,18,23)/b6-5+. The number of nitrogens with one attached hydrogen (secondary N) is 1. The van der Waals surface area contributed by atoms with E-state index in [4.69, 9.17) is 9.52 Å². The van der Waals surface area contributed by atoms with Crippen molar-refractivity contribution in [2.75, 3.05) is 13.2 Å². The Morgan fingerprint density at radius 1 is 1.36 bits per heavy atom. The second-order valence-electron chi connectivity index (χ2n) is 5.03. The first-order valence-corrected chi connectivity index (χ1v) is 7.34. The molecule has 0 aliphatic rings. The summed E-state index contributed by atoms with van der Waals surface area (Å²) in [5.74, 6) is -1.49. The van der Waals surface area contributed by atoms with Gasteiger partial charge in [-0.15, -0.1) is 0 Å². The number of aliphatic hydroxyl groups is 1. The molecule has 2 heterocycles. The molecule has 3 N–H and O–H groups in total. The molecule has 0 aromatic carbocycles. The van der Waals surface area contributed by atoms with Gasteiger partial charge in [-0.25, -0.2) is 9.78 Å². The summed E-state index contributed by atoms with van der Waals surface area (Å²) in [6, 6.07) is 5.78. The molecule has 0 aliphatic carbocycles. The van der Waals surface area contributed by atoms with E-state index in [0.29, 0.717) is 5.69 Å². The number of carbonyl (C=O) groups excluding carboxylic acids is 2. The molecule has 0 radical (unpaired) electrons. The summed E-state index contributed by atoms with van der Waals surface area (Å²) in [5.41, 5.74) is -0.988. The number of amides is 1. The van der Waals surface area contributed by atoms with Gasteiger partial charge in [0.2, 0.25) is 0 Å². The van der Waals surface area contributed by atoms with Gasteiger partial charge in [-0.3, -0.25) is 9.59 Å². The molecule has 0 saturated carbocycles. The smallest absolute Gasteiger partial charge is 0.351 e. The van der Waals surface area contributed by atoms with Gasteiger partial charge in [0, 0.05) is 12.6 Å². The second kappa shape index (κ2) is 8.02. The predicted molar refractivity (Wildman–Crippen MR) is 88.4 cm³/mol. The summed E-state index contributed by atoms with van der Waals surface area (Å²) >= 11 is 0. The van der Waals surface area contributed by atoms with E-state index in [-0.39, 0.29) is 24.6 Å². The molecule has 2 aromatic heterocycles. The van der Waals surface area contributed by atoms with Crippen molar-refractivity contribution in [2.45, 2.75) is 6.92 Å². The number of allylic oxidation sites excluding steroid dienone is 1. The number of aryl methyl sites for hydroxylation is 1. The Kier molecular flexibility index (Phi) is 5.80. The summed E-state index contributed by atoms with van der Waals surface area (Å²) in [6.45, 7) is 1.38. The van der Waals surface area contributed by atoms with Crippen LogP contribution in [0.2, 0.25) is 0 Å². The van der Waals surface area contributed by atoms with Crippen LogP contribution in [0.4, 0.5) is 0 Å². The average molecular weight is 344 g/mol. The summed E-state index contributed by atoms with van der Waals surface area (Å²) in [4.78, 5) is 39.6.